The molecule has 1 aromatic heterocycles. The van der Waals surface area contributed by atoms with Gasteiger partial charge in [-0.15, -0.1) is 0 Å². The highest BCUT2D eigenvalue weighted by Gasteiger charge is 2.15. The predicted molar refractivity (Wildman–Crippen MR) is 114 cm³/mol. The van der Waals surface area contributed by atoms with Gasteiger partial charge in [-0.25, -0.2) is 4.98 Å². The standard InChI is InChI=1S/C22H22ClN3O/c1-15(2)26(3)22-20(14-17-6-4-5-7-19(17)25-22)24-21(27)13-10-16-8-11-18(23)12-9-16/h4-15H,1-3H3,(H,24,27)/b13-10+. The van der Waals surface area contributed by atoms with E-state index in [2.05, 4.69) is 19.2 Å². The van der Waals surface area contributed by atoms with Crippen molar-refractivity contribution in [3.63, 3.8) is 0 Å². The van der Waals surface area contributed by atoms with Gasteiger partial charge in [-0.1, -0.05) is 41.9 Å². The molecule has 0 fully saturated rings. The smallest absolute Gasteiger partial charge is 0.248 e. The normalized spacial score (nSPS) is 11.3. The van der Waals surface area contributed by atoms with Crippen LogP contribution in [0.4, 0.5) is 11.5 Å². The number of fused-ring (bicyclic) bond motifs is 1. The number of nitrogens with zero attached hydrogens (tertiary/aromatic N) is 2. The van der Waals surface area contributed by atoms with Crippen molar-refractivity contribution in [1.82, 2.24) is 4.98 Å². The number of carbonyl (C=O) groups is 1. The zero-order valence-electron chi connectivity index (χ0n) is 15.6. The van der Waals surface area contributed by atoms with Crippen LogP contribution in [0.3, 0.4) is 0 Å². The van der Waals surface area contributed by atoms with Crippen LogP contribution in [0.25, 0.3) is 17.0 Å². The largest absolute Gasteiger partial charge is 0.356 e. The molecule has 0 saturated carbocycles. The van der Waals surface area contributed by atoms with Crippen molar-refractivity contribution < 1.29 is 4.79 Å². The number of carbonyl (C=O) groups excluding carboxylic acids is 1. The molecule has 27 heavy (non-hydrogen) atoms. The van der Waals surface area contributed by atoms with Crippen LogP contribution in [0.15, 0.2) is 60.7 Å². The number of benzene rings is 2. The molecule has 4 nitrogen and oxygen atoms in total. The summed E-state index contributed by atoms with van der Waals surface area (Å²) in [6.45, 7) is 4.17. The van der Waals surface area contributed by atoms with Gasteiger partial charge in [0.1, 0.15) is 0 Å². The van der Waals surface area contributed by atoms with Crippen molar-refractivity contribution in [2.45, 2.75) is 19.9 Å². The Balaban J connectivity index is 1.88. The fraction of sp³-hybridized carbons (Fsp3) is 0.182. The van der Waals surface area contributed by atoms with Crippen LogP contribution in [0.5, 0.6) is 0 Å². The van der Waals surface area contributed by atoms with E-state index < -0.39 is 0 Å². The maximum absolute atomic E-state index is 12.5. The molecule has 0 bridgehead atoms. The van der Waals surface area contributed by atoms with E-state index in [1.807, 2.05) is 54.4 Å². The molecule has 3 rings (SSSR count). The first kappa shape index (κ1) is 18.9. The van der Waals surface area contributed by atoms with Gasteiger partial charge in [0.15, 0.2) is 5.82 Å². The fourth-order valence-corrected chi connectivity index (χ4v) is 2.76. The molecule has 2 aromatic carbocycles. The van der Waals surface area contributed by atoms with E-state index in [1.54, 1.807) is 18.2 Å². The first-order chi connectivity index (χ1) is 12.9. The number of hydrogen-bond donors (Lipinski definition) is 1. The second-order valence-corrected chi connectivity index (χ2v) is 7.07. The van der Waals surface area contributed by atoms with Crippen LogP contribution in [-0.2, 0) is 4.79 Å². The van der Waals surface area contributed by atoms with Gasteiger partial charge in [0.25, 0.3) is 0 Å². The highest BCUT2D eigenvalue weighted by molar-refractivity contribution is 6.30. The Bertz CT molecular complexity index is 981. The Morgan fingerprint density at radius 1 is 1.15 bits per heavy atom. The SMILES string of the molecule is CC(C)N(C)c1nc2ccccc2cc1NC(=O)/C=C/c1ccc(Cl)cc1. The summed E-state index contributed by atoms with van der Waals surface area (Å²) in [6, 6.07) is 17.4. The van der Waals surface area contributed by atoms with Crippen LogP contribution in [0.1, 0.15) is 19.4 Å². The number of rotatable bonds is 5. The van der Waals surface area contributed by atoms with E-state index in [4.69, 9.17) is 16.6 Å². The van der Waals surface area contributed by atoms with Crippen molar-refractivity contribution in [3.8, 4) is 0 Å². The van der Waals surface area contributed by atoms with Crippen molar-refractivity contribution in [1.29, 1.82) is 0 Å². The molecule has 0 saturated heterocycles. The first-order valence-corrected chi connectivity index (χ1v) is 9.19. The summed E-state index contributed by atoms with van der Waals surface area (Å²) in [4.78, 5) is 19.3. The third kappa shape index (κ3) is 4.66. The van der Waals surface area contributed by atoms with Crippen LogP contribution < -0.4 is 10.2 Å². The predicted octanol–water partition coefficient (Wildman–Crippen LogP) is 5.38. The summed E-state index contributed by atoms with van der Waals surface area (Å²) in [6.07, 6.45) is 3.27. The molecule has 1 amide bonds. The third-order valence-corrected chi connectivity index (χ3v) is 4.62. The Kier molecular flexibility index (Phi) is 5.77. The number of halogens is 1. The lowest BCUT2D eigenvalue weighted by Crippen LogP contribution is -2.28. The summed E-state index contributed by atoms with van der Waals surface area (Å²) in [7, 11) is 1.97. The van der Waals surface area contributed by atoms with E-state index in [-0.39, 0.29) is 11.9 Å². The molecule has 0 aliphatic rings. The quantitative estimate of drug-likeness (QED) is 0.605. The molecular formula is C22H22ClN3O. The van der Waals surface area contributed by atoms with E-state index in [0.717, 1.165) is 22.3 Å². The lowest BCUT2D eigenvalue weighted by molar-refractivity contribution is -0.111. The summed E-state index contributed by atoms with van der Waals surface area (Å²) >= 11 is 5.89. The van der Waals surface area contributed by atoms with Gasteiger partial charge in [-0.2, -0.15) is 0 Å². The summed E-state index contributed by atoms with van der Waals surface area (Å²) in [5.74, 6) is 0.539. The number of aromatic nitrogens is 1. The van der Waals surface area contributed by atoms with Crippen LogP contribution in [-0.4, -0.2) is 24.0 Å². The topological polar surface area (TPSA) is 45.2 Å². The fourth-order valence-electron chi connectivity index (χ4n) is 2.63. The van der Waals surface area contributed by atoms with Gasteiger partial charge in [-0.05, 0) is 49.8 Å². The Morgan fingerprint density at radius 3 is 2.56 bits per heavy atom. The molecule has 5 heteroatoms. The molecule has 3 aromatic rings. The second kappa shape index (κ2) is 8.23. The molecule has 1 heterocycles. The molecule has 138 valence electrons. The third-order valence-electron chi connectivity index (χ3n) is 4.37. The molecule has 0 atom stereocenters. The van der Waals surface area contributed by atoms with Gasteiger partial charge in [0, 0.05) is 29.6 Å². The van der Waals surface area contributed by atoms with Crippen LogP contribution in [0, 0.1) is 0 Å². The minimum atomic E-state index is -0.208. The van der Waals surface area contributed by atoms with Crippen molar-refractivity contribution in [2.75, 3.05) is 17.3 Å². The van der Waals surface area contributed by atoms with E-state index >= 15 is 0 Å². The zero-order valence-corrected chi connectivity index (χ0v) is 16.4. The van der Waals surface area contributed by atoms with Gasteiger partial charge in [0.05, 0.1) is 11.2 Å². The summed E-state index contributed by atoms with van der Waals surface area (Å²) in [5.41, 5.74) is 2.50. The highest BCUT2D eigenvalue weighted by atomic mass is 35.5. The van der Waals surface area contributed by atoms with E-state index in [1.165, 1.54) is 6.08 Å². The number of para-hydroxylation sites is 1. The molecule has 0 unspecified atom stereocenters. The molecular weight excluding hydrogens is 358 g/mol. The molecule has 0 radical (unpaired) electrons. The van der Waals surface area contributed by atoms with Gasteiger partial charge < -0.3 is 10.2 Å². The Hall–Kier alpha value is -2.85. The molecule has 0 aliphatic heterocycles. The van der Waals surface area contributed by atoms with E-state index in [0.29, 0.717) is 10.7 Å². The van der Waals surface area contributed by atoms with Gasteiger partial charge in [0.2, 0.25) is 5.91 Å². The monoisotopic (exact) mass is 379 g/mol. The highest BCUT2D eigenvalue weighted by Crippen LogP contribution is 2.28. The van der Waals surface area contributed by atoms with Gasteiger partial charge in [-0.3, -0.25) is 4.79 Å². The van der Waals surface area contributed by atoms with Crippen molar-refractivity contribution in [2.24, 2.45) is 0 Å². The van der Waals surface area contributed by atoms with Crippen LogP contribution >= 0.6 is 11.6 Å². The minimum Gasteiger partial charge on any atom is -0.356 e. The Labute approximate surface area is 164 Å². The number of pyridine rings is 1. The van der Waals surface area contributed by atoms with Crippen molar-refractivity contribution in [3.05, 3.63) is 71.3 Å². The lowest BCUT2D eigenvalue weighted by atomic mass is 10.2. The van der Waals surface area contributed by atoms with Crippen LogP contribution in [0.2, 0.25) is 5.02 Å². The maximum atomic E-state index is 12.5. The number of hydrogen-bond acceptors (Lipinski definition) is 3. The zero-order chi connectivity index (χ0) is 19.4. The minimum absolute atomic E-state index is 0.208. The molecule has 1 N–H and O–H groups in total. The number of nitrogens with one attached hydrogen (secondary N) is 1. The average molecular weight is 380 g/mol. The van der Waals surface area contributed by atoms with E-state index in [9.17, 15) is 4.79 Å². The number of anilines is 2. The lowest BCUT2D eigenvalue weighted by Gasteiger charge is -2.25. The second-order valence-electron chi connectivity index (χ2n) is 6.63. The van der Waals surface area contributed by atoms with Gasteiger partial charge >= 0.3 is 0 Å². The number of amides is 1. The summed E-state index contributed by atoms with van der Waals surface area (Å²) in [5, 5.41) is 4.61. The maximum Gasteiger partial charge on any atom is 0.248 e. The first-order valence-electron chi connectivity index (χ1n) is 8.81. The molecule has 0 spiro atoms. The average Bonchev–Trinajstić information content (AvgIpc) is 2.66. The molecule has 0 aliphatic carbocycles. The Morgan fingerprint density at radius 2 is 1.85 bits per heavy atom. The van der Waals surface area contributed by atoms with Crippen molar-refractivity contribution >= 4 is 46.0 Å². The summed E-state index contributed by atoms with van der Waals surface area (Å²) < 4.78 is 0.